The van der Waals surface area contributed by atoms with Crippen molar-refractivity contribution >= 4 is 22.5 Å². The van der Waals surface area contributed by atoms with E-state index in [1.54, 1.807) is 24.0 Å². The summed E-state index contributed by atoms with van der Waals surface area (Å²) in [5.41, 5.74) is 0. The van der Waals surface area contributed by atoms with E-state index in [4.69, 9.17) is 0 Å². The molecule has 126 valence electrons. The van der Waals surface area contributed by atoms with Crippen molar-refractivity contribution in [2.45, 2.75) is 38.7 Å². The molecule has 0 aliphatic rings. The fourth-order valence-electron chi connectivity index (χ4n) is 2.05. The topological polar surface area (TPSA) is 105 Å². The van der Waals surface area contributed by atoms with Gasteiger partial charge < -0.3 is 15.0 Å². The highest BCUT2D eigenvalue weighted by Gasteiger charge is 2.14. The van der Waals surface area contributed by atoms with Gasteiger partial charge in [-0.15, -0.1) is 10.2 Å². The van der Waals surface area contributed by atoms with Crippen LogP contribution in [0.4, 0.5) is 9.93 Å². The van der Waals surface area contributed by atoms with Crippen molar-refractivity contribution in [2.24, 2.45) is 7.05 Å². The van der Waals surface area contributed by atoms with E-state index >= 15 is 0 Å². The number of nitrogens with zero attached hydrogens (tertiary/aromatic N) is 4. The SMILES string of the molecule is CCCCCc1nnc(NC(=O)NC[C@@H](O)c2nccn2C)s1. The smallest absolute Gasteiger partial charge is 0.321 e. The first-order valence-electron chi connectivity index (χ1n) is 7.62. The molecule has 2 amide bonds. The van der Waals surface area contributed by atoms with Crippen LogP contribution in [0.1, 0.15) is 43.1 Å². The van der Waals surface area contributed by atoms with Crippen molar-refractivity contribution in [3.63, 3.8) is 0 Å². The Bertz CT molecular complexity index is 626. The van der Waals surface area contributed by atoms with Crippen LogP contribution in [0.25, 0.3) is 0 Å². The number of aliphatic hydroxyl groups is 1. The molecule has 23 heavy (non-hydrogen) atoms. The zero-order valence-corrected chi connectivity index (χ0v) is 14.1. The molecular weight excluding hydrogens is 316 g/mol. The van der Waals surface area contributed by atoms with E-state index < -0.39 is 12.1 Å². The highest BCUT2D eigenvalue weighted by Crippen LogP contribution is 2.17. The Morgan fingerprint density at radius 3 is 2.96 bits per heavy atom. The van der Waals surface area contributed by atoms with Gasteiger partial charge in [0.1, 0.15) is 16.9 Å². The van der Waals surface area contributed by atoms with Gasteiger partial charge in [-0.1, -0.05) is 31.1 Å². The molecule has 8 nitrogen and oxygen atoms in total. The van der Waals surface area contributed by atoms with Crippen molar-refractivity contribution in [3.8, 4) is 0 Å². The van der Waals surface area contributed by atoms with Gasteiger partial charge in [0.25, 0.3) is 0 Å². The van der Waals surface area contributed by atoms with Gasteiger partial charge in [0.15, 0.2) is 0 Å². The number of nitrogens with one attached hydrogen (secondary N) is 2. The number of rotatable bonds is 8. The molecule has 2 heterocycles. The number of aliphatic hydroxyl groups excluding tert-OH is 1. The van der Waals surface area contributed by atoms with Gasteiger partial charge in [-0.25, -0.2) is 9.78 Å². The van der Waals surface area contributed by atoms with E-state index in [2.05, 4.69) is 32.7 Å². The number of carbonyl (C=O) groups is 1. The Labute approximate surface area is 139 Å². The third-order valence-electron chi connectivity index (χ3n) is 3.29. The number of carbonyl (C=O) groups excluding carboxylic acids is 1. The molecule has 2 aromatic heterocycles. The van der Waals surface area contributed by atoms with Crippen LogP contribution in [0.2, 0.25) is 0 Å². The number of anilines is 1. The number of unbranched alkanes of at least 4 members (excludes halogenated alkanes) is 2. The van der Waals surface area contributed by atoms with E-state index in [1.807, 2.05) is 0 Å². The molecule has 0 aliphatic carbocycles. The fourth-order valence-corrected chi connectivity index (χ4v) is 2.83. The summed E-state index contributed by atoms with van der Waals surface area (Å²) in [6, 6.07) is -0.422. The highest BCUT2D eigenvalue weighted by atomic mass is 32.1. The van der Waals surface area contributed by atoms with E-state index in [-0.39, 0.29) is 6.54 Å². The molecule has 0 aromatic carbocycles. The molecule has 0 radical (unpaired) electrons. The number of imidazole rings is 1. The summed E-state index contributed by atoms with van der Waals surface area (Å²) in [7, 11) is 1.78. The Kier molecular flexibility index (Phi) is 6.48. The van der Waals surface area contributed by atoms with Crippen molar-refractivity contribution < 1.29 is 9.90 Å². The van der Waals surface area contributed by atoms with E-state index in [0.29, 0.717) is 11.0 Å². The fraction of sp³-hybridized carbons (Fsp3) is 0.571. The van der Waals surface area contributed by atoms with Crippen molar-refractivity contribution in [2.75, 3.05) is 11.9 Å². The number of aryl methyl sites for hydroxylation is 2. The Morgan fingerprint density at radius 2 is 2.26 bits per heavy atom. The summed E-state index contributed by atoms with van der Waals surface area (Å²) in [5, 5.41) is 24.6. The normalized spacial score (nSPS) is 12.1. The summed E-state index contributed by atoms with van der Waals surface area (Å²) in [4.78, 5) is 15.9. The van der Waals surface area contributed by atoms with Gasteiger partial charge >= 0.3 is 6.03 Å². The third-order valence-corrected chi connectivity index (χ3v) is 4.19. The molecule has 0 bridgehead atoms. The number of hydrogen-bond acceptors (Lipinski definition) is 6. The molecule has 0 saturated heterocycles. The molecule has 2 rings (SSSR count). The van der Waals surface area contributed by atoms with Gasteiger partial charge in [0, 0.05) is 25.9 Å². The van der Waals surface area contributed by atoms with Crippen molar-refractivity contribution in [1.29, 1.82) is 0 Å². The summed E-state index contributed by atoms with van der Waals surface area (Å²) < 4.78 is 1.71. The molecular formula is C14H22N6O2S. The van der Waals surface area contributed by atoms with Gasteiger partial charge in [-0.05, 0) is 6.42 Å². The standard InChI is InChI=1S/C14H22N6O2S/c1-3-4-5-6-11-18-19-14(23-11)17-13(22)16-9-10(21)12-15-7-8-20(12)2/h7-8,10,21H,3-6,9H2,1-2H3,(H2,16,17,19,22)/t10-/m1/s1. The first-order chi connectivity index (χ1) is 11.1. The second-order valence-electron chi connectivity index (χ2n) is 5.21. The van der Waals surface area contributed by atoms with Crippen LogP contribution in [-0.4, -0.2) is 37.4 Å². The predicted molar refractivity (Wildman–Crippen MR) is 88.3 cm³/mol. The molecule has 9 heteroatoms. The minimum atomic E-state index is -0.861. The van der Waals surface area contributed by atoms with E-state index in [9.17, 15) is 9.90 Å². The van der Waals surface area contributed by atoms with Crippen LogP contribution < -0.4 is 10.6 Å². The number of hydrogen-bond donors (Lipinski definition) is 3. The summed E-state index contributed by atoms with van der Waals surface area (Å²) in [6.07, 6.45) is 6.75. The second kappa shape index (κ2) is 8.59. The lowest BCUT2D eigenvalue weighted by atomic mass is 10.2. The zero-order chi connectivity index (χ0) is 16.7. The molecule has 3 N–H and O–H groups in total. The maximum atomic E-state index is 11.8. The Morgan fingerprint density at radius 1 is 1.43 bits per heavy atom. The molecule has 2 aromatic rings. The average Bonchev–Trinajstić information content (AvgIpc) is 3.14. The maximum absolute atomic E-state index is 11.8. The average molecular weight is 338 g/mol. The maximum Gasteiger partial charge on any atom is 0.321 e. The van der Waals surface area contributed by atoms with Crippen LogP contribution in [0.15, 0.2) is 12.4 Å². The lowest BCUT2D eigenvalue weighted by Gasteiger charge is -2.11. The van der Waals surface area contributed by atoms with Gasteiger partial charge in [0.2, 0.25) is 5.13 Å². The number of urea groups is 1. The van der Waals surface area contributed by atoms with Crippen LogP contribution >= 0.6 is 11.3 Å². The number of aromatic nitrogens is 4. The van der Waals surface area contributed by atoms with Crippen molar-refractivity contribution in [3.05, 3.63) is 23.2 Å². The first kappa shape index (κ1) is 17.4. The van der Waals surface area contributed by atoms with E-state index in [0.717, 1.165) is 30.7 Å². The quantitative estimate of drug-likeness (QED) is 0.637. The Hall–Kier alpha value is -2.00. The highest BCUT2D eigenvalue weighted by molar-refractivity contribution is 7.15. The molecule has 0 aliphatic heterocycles. The molecule has 1 atom stereocenters. The lowest BCUT2D eigenvalue weighted by Crippen LogP contribution is -2.33. The van der Waals surface area contributed by atoms with Gasteiger partial charge in [-0.3, -0.25) is 5.32 Å². The molecule has 0 spiro atoms. The molecule has 0 fully saturated rings. The van der Waals surface area contributed by atoms with Crippen molar-refractivity contribution in [1.82, 2.24) is 25.1 Å². The Balaban J connectivity index is 1.75. The van der Waals surface area contributed by atoms with Crippen LogP contribution in [-0.2, 0) is 13.5 Å². The first-order valence-corrected chi connectivity index (χ1v) is 8.44. The second-order valence-corrected chi connectivity index (χ2v) is 6.27. The van der Waals surface area contributed by atoms with Gasteiger partial charge in [0.05, 0.1) is 6.54 Å². The molecule has 0 unspecified atom stereocenters. The van der Waals surface area contributed by atoms with Crippen LogP contribution in [0.5, 0.6) is 0 Å². The summed E-state index contributed by atoms with van der Waals surface area (Å²) >= 11 is 1.37. The molecule has 0 saturated carbocycles. The largest absolute Gasteiger partial charge is 0.383 e. The minimum absolute atomic E-state index is 0.0683. The van der Waals surface area contributed by atoms with Crippen LogP contribution in [0.3, 0.4) is 0 Å². The predicted octanol–water partition coefficient (Wildman–Crippen LogP) is 1.86. The third kappa shape index (κ3) is 5.29. The monoisotopic (exact) mass is 338 g/mol. The zero-order valence-electron chi connectivity index (χ0n) is 13.3. The van der Waals surface area contributed by atoms with E-state index in [1.165, 1.54) is 11.3 Å². The number of amides is 2. The lowest BCUT2D eigenvalue weighted by molar-refractivity contribution is 0.163. The minimum Gasteiger partial charge on any atom is -0.383 e. The van der Waals surface area contributed by atoms with Crippen LogP contribution in [0, 0.1) is 0 Å². The van der Waals surface area contributed by atoms with Gasteiger partial charge in [-0.2, -0.15) is 0 Å². The summed E-state index contributed by atoms with van der Waals surface area (Å²) in [6.45, 7) is 2.22. The summed E-state index contributed by atoms with van der Waals surface area (Å²) in [5.74, 6) is 0.499.